The molecule has 0 aliphatic heterocycles. The Kier molecular flexibility index (Phi) is 2.39. The van der Waals surface area contributed by atoms with Gasteiger partial charge >= 0.3 is 0 Å². The zero-order valence-corrected chi connectivity index (χ0v) is 9.21. The molecule has 2 rings (SSSR count). The highest BCUT2D eigenvalue weighted by molar-refractivity contribution is 9.10. The van der Waals surface area contributed by atoms with E-state index in [1.165, 1.54) is 12.8 Å². The van der Waals surface area contributed by atoms with E-state index in [-0.39, 0.29) is 6.04 Å². The molecule has 0 radical (unpaired) electrons. The molecule has 1 aromatic rings. The summed E-state index contributed by atoms with van der Waals surface area (Å²) in [6.07, 6.45) is 2.52. The lowest BCUT2D eigenvalue weighted by atomic mass is 10.1. The van der Waals surface area contributed by atoms with Crippen LogP contribution in [0.25, 0.3) is 0 Å². The third kappa shape index (κ3) is 1.92. The molecule has 0 saturated heterocycles. The number of rotatable bonds is 2. The van der Waals surface area contributed by atoms with Gasteiger partial charge in [-0.1, -0.05) is 0 Å². The van der Waals surface area contributed by atoms with Crippen molar-refractivity contribution in [3.05, 3.63) is 28.0 Å². The topological polar surface area (TPSA) is 38.9 Å². The molecule has 3 heteroatoms. The van der Waals surface area contributed by atoms with Gasteiger partial charge in [0.1, 0.15) is 0 Å². The van der Waals surface area contributed by atoms with Crippen LogP contribution in [0.5, 0.6) is 0 Å². The van der Waals surface area contributed by atoms with E-state index in [1.54, 1.807) is 0 Å². The van der Waals surface area contributed by atoms with Crippen molar-refractivity contribution >= 4 is 15.9 Å². The lowest BCUT2D eigenvalue weighted by Gasteiger charge is -2.10. The summed E-state index contributed by atoms with van der Waals surface area (Å²) in [6, 6.07) is 4.19. The quantitative estimate of drug-likeness (QED) is 0.864. The molecule has 2 nitrogen and oxygen atoms in total. The van der Waals surface area contributed by atoms with Gasteiger partial charge in [-0.3, -0.25) is 4.98 Å². The van der Waals surface area contributed by atoms with E-state index in [0.29, 0.717) is 5.92 Å². The molecular formula is C10H13BrN2. The smallest absolute Gasteiger partial charge is 0.0577 e. The van der Waals surface area contributed by atoms with Gasteiger partial charge in [0.2, 0.25) is 0 Å². The van der Waals surface area contributed by atoms with Crippen molar-refractivity contribution in [2.24, 2.45) is 11.7 Å². The summed E-state index contributed by atoms with van der Waals surface area (Å²) < 4.78 is 1.05. The number of pyridine rings is 1. The summed E-state index contributed by atoms with van der Waals surface area (Å²) in [5, 5.41) is 0. The molecule has 1 heterocycles. The molecule has 1 aliphatic carbocycles. The fraction of sp³-hybridized carbons (Fsp3) is 0.500. The first-order valence-corrected chi connectivity index (χ1v) is 5.36. The van der Waals surface area contributed by atoms with Crippen LogP contribution in [-0.4, -0.2) is 4.98 Å². The molecule has 2 N–H and O–H groups in total. The first kappa shape index (κ1) is 9.16. The lowest BCUT2D eigenvalue weighted by Crippen LogP contribution is -2.14. The highest BCUT2D eigenvalue weighted by Gasteiger charge is 2.30. The Labute approximate surface area is 86.7 Å². The molecule has 0 unspecified atom stereocenters. The number of hydrogen-bond donors (Lipinski definition) is 1. The maximum atomic E-state index is 6.04. The van der Waals surface area contributed by atoms with E-state index in [9.17, 15) is 0 Å². The second kappa shape index (κ2) is 3.39. The van der Waals surface area contributed by atoms with Crippen LogP contribution in [0.4, 0.5) is 0 Å². The molecular weight excluding hydrogens is 228 g/mol. The van der Waals surface area contributed by atoms with Crippen molar-refractivity contribution in [3.63, 3.8) is 0 Å². The van der Waals surface area contributed by atoms with Crippen LogP contribution in [0, 0.1) is 12.8 Å². The second-order valence-electron chi connectivity index (χ2n) is 3.67. The third-order valence-electron chi connectivity index (χ3n) is 2.51. The van der Waals surface area contributed by atoms with Crippen LogP contribution in [0.1, 0.15) is 30.3 Å². The third-order valence-corrected chi connectivity index (χ3v) is 3.35. The Morgan fingerprint density at radius 2 is 2.23 bits per heavy atom. The highest BCUT2D eigenvalue weighted by atomic mass is 79.9. The van der Waals surface area contributed by atoms with E-state index in [2.05, 4.69) is 20.9 Å². The van der Waals surface area contributed by atoms with Gasteiger partial charge in [0.25, 0.3) is 0 Å². The van der Waals surface area contributed by atoms with Crippen molar-refractivity contribution in [3.8, 4) is 0 Å². The van der Waals surface area contributed by atoms with Crippen LogP contribution in [0.15, 0.2) is 16.6 Å². The molecule has 0 spiro atoms. The lowest BCUT2D eigenvalue weighted by molar-refractivity contribution is 0.612. The van der Waals surface area contributed by atoms with E-state index < -0.39 is 0 Å². The summed E-state index contributed by atoms with van der Waals surface area (Å²) >= 11 is 3.43. The molecule has 1 saturated carbocycles. The van der Waals surface area contributed by atoms with Gasteiger partial charge in [-0.2, -0.15) is 0 Å². The van der Waals surface area contributed by atoms with Crippen molar-refractivity contribution in [1.82, 2.24) is 4.98 Å². The summed E-state index contributed by atoms with van der Waals surface area (Å²) in [4.78, 5) is 4.46. The molecule has 1 aliphatic rings. The predicted octanol–water partition coefficient (Wildman–Crippen LogP) is 2.56. The van der Waals surface area contributed by atoms with Crippen molar-refractivity contribution in [1.29, 1.82) is 0 Å². The van der Waals surface area contributed by atoms with Gasteiger partial charge in [-0.05, 0) is 53.7 Å². The van der Waals surface area contributed by atoms with Gasteiger partial charge in [0.15, 0.2) is 0 Å². The fourth-order valence-electron chi connectivity index (χ4n) is 1.45. The van der Waals surface area contributed by atoms with Crippen molar-refractivity contribution < 1.29 is 0 Å². The zero-order chi connectivity index (χ0) is 9.42. The summed E-state index contributed by atoms with van der Waals surface area (Å²) in [6.45, 7) is 1.99. The zero-order valence-electron chi connectivity index (χ0n) is 7.63. The van der Waals surface area contributed by atoms with E-state index in [0.717, 1.165) is 15.9 Å². The molecule has 0 bridgehead atoms. The second-order valence-corrected chi connectivity index (χ2v) is 4.52. The summed E-state index contributed by atoms with van der Waals surface area (Å²) in [5.74, 6) is 0.674. The fourth-order valence-corrected chi connectivity index (χ4v) is 1.67. The number of hydrogen-bond acceptors (Lipinski definition) is 2. The molecule has 0 amide bonds. The van der Waals surface area contributed by atoms with E-state index in [1.807, 2.05) is 19.1 Å². The van der Waals surface area contributed by atoms with Gasteiger partial charge in [0.05, 0.1) is 11.4 Å². The largest absolute Gasteiger partial charge is 0.322 e. The summed E-state index contributed by atoms with van der Waals surface area (Å²) in [7, 11) is 0. The van der Waals surface area contributed by atoms with Crippen LogP contribution < -0.4 is 5.73 Å². The van der Waals surface area contributed by atoms with E-state index in [4.69, 9.17) is 5.73 Å². The highest BCUT2D eigenvalue weighted by Crippen LogP contribution is 2.39. The Morgan fingerprint density at radius 3 is 2.77 bits per heavy atom. The van der Waals surface area contributed by atoms with E-state index >= 15 is 0 Å². The monoisotopic (exact) mass is 240 g/mol. The Hall–Kier alpha value is -0.410. The Balaban J connectivity index is 2.24. The summed E-state index contributed by atoms with van der Waals surface area (Å²) in [5.41, 5.74) is 8.09. The SMILES string of the molecule is Cc1nc([C@H](N)C2CC2)ccc1Br. The number of halogens is 1. The predicted molar refractivity (Wildman–Crippen MR) is 56.3 cm³/mol. The number of aromatic nitrogens is 1. The molecule has 13 heavy (non-hydrogen) atoms. The van der Waals surface area contributed by atoms with Crippen LogP contribution in [0.2, 0.25) is 0 Å². The van der Waals surface area contributed by atoms with Crippen molar-refractivity contribution in [2.75, 3.05) is 0 Å². The Morgan fingerprint density at radius 1 is 1.54 bits per heavy atom. The number of nitrogens with zero attached hydrogens (tertiary/aromatic N) is 1. The van der Waals surface area contributed by atoms with Crippen LogP contribution >= 0.6 is 15.9 Å². The van der Waals surface area contributed by atoms with Gasteiger partial charge in [-0.15, -0.1) is 0 Å². The standard InChI is InChI=1S/C10H13BrN2/c1-6-8(11)4-5-9(13-6)10(12)7-2-3-7/h4-5,7,10H,2-3,12H2,1H3/t10-/m1/s1. The molecule has 0 aromatic carbocycles. The maximum absolute atomic E-state index is 6.04. The molecule has 1 atom stereocenters. The van der Waals surface area contributed by atoms with Crippen LogP contribution in [0.3, 0.4) is 0 Å². The minimum absolute atomic E-state index is 0.145. The Bertz CT molecular complexity index is 321. The average molecular weight is 241 g/mol. The van der Waals surface area contributed by atoms with Crippen molar-refractivity contribution in [2.45, 2.75) is 25.8 Å². The molecule has 1 fully saturated rings. The van der Waals surface area contributed by atoms with Crippen LogP contribution in [-0.2, 0) is 0 Å². The minimum atomic E-state index is 0.145. The molecule has 70 valence electrons. The first-order chi connectivity index (χ1) is 6.18. The number of nitrogens with two attached hydrogens (primary N) is 1. The number of aryl methyl sites for hydroxylation is 1. The van der Waals surface area contributed by atoms with Gasteiger partial charge < -0.3 is 5.73 Å². The average Bonchev–Trinajstić information content (AvgIpc) is 2.91. The van der Waals surface area contributed by atoms with Gasteiger partial charge in [-0.25, -0.2) is 0 Å². The minimum Gasteiger partial charge on any atom is -0.322 e. The molecule has 1 aromatic heterocycles. The maximum Gasteiger partial charge on any atom is 0.0577 e. The normalized spacial score (nSPS) is 18.7. The van der Waals surface area contributed by atoms with Gasteiger partial charge in [0, 0.05) is 10.5 Å². The first-order valence-electron chi connectivity index (χ1n) is 4.57.